The summed E-state index contributed by atoms with van der Waals surface area (Å²) in [6.45, 7) is 0. The third-order valence-electron chi connectivity index (χ3n) is 2.18. The molecule has 0 aromatic heterocycles. The first-order valence-corrected chi connectivity index (χ1v) is 7.39. The highest BCUT2D eigenvalue weighted by atomic mass is 35.7. The summed E-state index contributed by atoms with van der Waals surface area (Å²) in [5.41, 5.74) is 1.85. The van der Waals surface area contributed by atoms with Gasteiger partial charge in [0, 0.05) is 32.4 Å². The molecule has 0 unspecified atom stereocenters. The van der Waals surface area contributed by atoms with Crippen molar-refractivity contribution in [1.29, 1.82) is 0 Å². The summed E-state index contributed by atoms with van der Waals surface area (Å²) in [6.07, 6.45) is 3.86. The zero-order valence-corrected chi connectivity index (χ0v) is 13.9. The van der Waals surface area contributed by atoms with Gasteiger partial charge in [-0.25, -0.2) is 23.2 Å². The lowest BCUT2D eigenvalue weighted by Gasteiger charge is -2.17. The van der Waals surface area contributed by atoms with Crippen molar-refractivity contribution in [2.45, 2.75) is 0 Å². The van der Waals surface area contributed by atoms with Gasteiger partial charge in [-0.2, -0.15) is 0 Å². The van der Waals surface area contributed by atoms with Gasteiger partial charge in [-0.15, -0.1) is 10.2 Å². The van der Waals surface area contributed by atoms with Crippen LogP contribution >= 0.6 is 0 Å². The molecule has 0 aliphatic carbocycles. The molecular formula is C13H18ClN3O6. The Kier molecular flexibility index (Phi) is 8.36. The Labute approximate surface area is 135 Å². The SMILES string of the molecule is CN(C)/C=C(/C=[N+](C)C)c1cccc([N+](=O)[O-])c1.[O-][Cl+3]([O-])([O-])[O-]. The van der Waals surface area contributed by atoms with Gasteiger partial charge in [0.2, 0.25) is 0 Å². The first-order valence-electron chi connectivity index (χ1n) is 6.16. The van der Waals surface area contributed by atoms with Crippen LogP contribution in [0.25, 0.3) is 5.57 Å². The van der Waals surface area contributed by atoms with Crippen molar-refractivity contribution in [3.8, 4) is 0 Å². The van der Waals surface area contributed by atoms with Gasteiger partial charge in [0.1, 0.15) is 14.1 Å². The van der Waals surface area contributed by atoms with Gasteiger partial charge in [-0.3, -0.25) is 10.1 Å². The van der Waals surface area contributed by atoms with E-state index in [0.717, 1.165) is 11.1 Å². The van der Waals surface area contributed by atoms with Crippen LogP contribution in [-0.4, -0.2) is 48.8 Å². The minimum Gasteiger partial charge on any atom is -0.383 e. The number of benzene rings is 1. The van der Waals surface area contributed by atoms with E-state index in [-0.39, 0.29) is 10.6 Å². The highest BCUT2D eigenvalue weighted by molar-refractivity contribution is 6.07. The molecule has 0 saturated heterocycles. The normalized spacial score (nSPS) is 11.2. The molecule has 0 spiro atoms. The molecule has 1 rings (SSSR count). The molecule has 0 aliphatic rings. The van der Waals surface area contributed by atoms with Crippen LogP contribution in [0.2, 0.25) is 0 Å². The predicted molar refractivity (Wildman–Crippen MR) is 72.9 cm³/mol. The van der Waals surface area contributed by atoms with Crippen LogP contribution in [-0.2, 0) is 0 Å². The second-order valence-corrected chi connectivity index (χ2v) is 5.58. The van der Waals surface area contributed by atoms with Gasteiger partial charge in [-0.1, -0.05) is 12.1 Å². The maximum Gasteiger partial charge on any atom is 0.270 e. The summed E-state index contributed by atoms with van der Waals surface area (Å²) in [4.78, 5) is 12.3. The topological polar surface area (TPSA) is 142 Å². The molecule has 1 aromatic rings. The summed E-state index contributed by atoms with van der Waals surface area (Å²) in [6, 6.07) is 6.63. The minimum absolute atomic E-state index is 0.101. The van der Waals surface area contributed by atoms with E-state index in [1.807, 2.05) is 56.1 Å². The van der Waals surface area contributed by atoms with E-state index in [9.17, 15) is 10.1 Å². The summed E-state index contributed by atoms with van der Waals surface area (Å²) < 4.78 is 35.9. The average molecular weight is 348 g/mol. The molecule has 1 aromatic carbocycles. The van der Waals surface area contributed by atoms with E-state index < -0.39 is 10.2 Å². The quantitative estimate of drug-likeness (QED) is 0.246. The second-order valence-electron chi connectivity index (χ2n) is 4.83. The monoisotopic (exact) mass is 347 g/mol. The van der Waals surface area contributed by atoms with Crippen molar-refractivity contribution in [2.75, 3.05) is 28.2 Å². The molecule has 10 heteroatoms. The second kappa shape index (κ2) is 9.18. The number of rotatable bonds is 4. The van der Waals surface area contributed by atoms with E-state index in [4.69, 9.17) is 18.6 Å². The molecule has 0 fully saturated rings. The van der Waals surface area contributed by atoms with Crippen LogP contribution in [0.4, 0.5) is 5.69 Å². The van der Waals surface area contributed by atoms with Gasteiger partial charge >= 0.3 is 0 Å². The summed E-state index contributed by atoms with van der Waals surface area (Å²) in [5, 5.41) is 10.8. The maximum atomic E-state index is 10.8. The van der Waals surface area contributed by atoms with E-state index in [1.54, 1.807) is 12.1 Å². The Balaban J connectivity index is 0.000000841. The highest BCUT2D eigenvalue weighted by Crippen LogP contribution is 2.19. The summed E-state index contributed by atoms with van der Waals surface area (Å²) in [5.74, 6) is 0. The Hall–Kier alpha value is -2.04. The van der Waals surface area contributed by atoms with Crippen molar-refractivity contribution in [2.24, 2.45) is 0 Å². The molecule has 0 bridgehead atoms. The highest BCUT2D eigenvalue weighted by Gasteiger charge is 2.10. The number of nitro groups is 1. The molecule has 0 aliphatic heterocycles. The standard InChI is InChI=1S/C13H18N3O2.ClHO4/c1-14(2)9-12(10-15(3)4)11-6-5-7-13(8-11)16(17)18;2-1(3,4)5/h5-10H,1-4H3;(H,2,3,4,5)/q+1;/p-1. The number of hydrogen-bond donors (Lipinski definition) is 0. The third-order valence-corrected chi connectivity index (χ3v) is 2.18. The number of allylic oxidation sites excluding steroid dienone is 1. The fourth-order valence-corrected chi connectivity index (χ4v) is 1.54. The number of nitrogens with zero attached hydrogens (tertiary/aromatic N) is 3. The molecular weight excluding hydrogens is 330 g/mol. The Morgan fingerprint density at radius 2 is 1.70 bits per heavy atom. The Morgan fingerprint density at radius 1 is 1.17 bits per heavy atom. The summed E-state index contributed by atoms with van der Waals surface area (Å²) >= 11 is 0. The maximum absolute atomic E-state index is 10.8. The zero-order valence-electron chi connectivity index (χ0n) is 13.1. The van der Waals surface area contributed by atoms with Crippen molar-refractivity contribution < 1.29 is 38.4 Å². The van der Waals surface area contributed by atoms with E-state index in [0.29, 0.717) is 0 Å². The fraction of sp³-hybridized carbons (Fsp3) is 0.308. The number of non-ortho nitro benzene ring substituents is 1. The van der Waals surface area contributed by atoms with Crippen LogP contribution in [0.1, 0.15) is 5.56 Å². The third kappa shape index (κ3) is 11.2. The van der Waals surface area contributed by atoms with Crippen molar-refractivity contribution in [3.63, 3.8) is 0 Å². The van der Waals surface area contributed by atoms with E-state index in [1.165, 1.54) is 6.07 Å². The van der Waals surface area contributed by atoms with Crippen LogP contribution in [0, 0.1) is 20.4 Å². The van der Waals surface area contributed by atoms with Crippen molar-refractivity contribution >= 4 is 17.5 Å². The van der Waals surface area contributed by atoms with Gasteiger partial charge in [0.25, 0.3) is 5.69 Å². The lowest BCUT2D eigenvalue weighted by atomic mass is 10.1. The summed E-state index contributed by atoms with van der Waals surface area (Å²) in [7, 11) is 2.73. The number of halogens is 1. The molecule has 0 heterocycles. The molecule has 0 amide bonds. The zero-order chi connectivity index (χ0) is 18.2. The molecule has 0 saturated carbocycles. The fourth-order valence-electron chi connectivity index (χ4n) is 1.54. The lowest BCUT2D eigenvalue weighted by Crippen LogP contribution is -2.68. The smallest absolute Gasteiger partial charge is 0.270 e. The molecule has 9 nitrogen and oxygen atoms in total. The molecule has 0 N–H and O–H groups in total. The van der Waals surface area contributed by atoms with E-state index >= 15 is 0 Å². The van der Waals surface area contributed by atoms with Crippen molar-refractivity contribution in [1.82, 2.24) is 4.90 Å². The van der Waals surface area contributed by atoms with Gasteiger partial charge in [-0.05, 0) is 5.56 Å². The van der Waals surface area contributed by atoms with Crippen LogP contribution < -0.4 is 18.6 Å². The number of nitro benzene ring substituents is 1. The molecule has 23 heavy (non-hydrogen) atoms. The lowest BCUT2D eigenvalue weighted by molar-refractivity contribution is -2.00. The first kappa shape index (κ1) is 21.0. The Morgan fingerprint density at radius 3 is 2.09 bits per heavy atom. The van der Waals surface area contributed by atoms with Gasteiger partial charge in [0.15, 0.2) is 6.21 Å². The van der Waals surface area contributed by atoms with Crippen LogP contribution in [0.5, 0.6) is 0 Å². The minimum atomic E-state index is -4.94. The largest absolute Gasteiger partial charge is 0.383 e. The van der Waals surface area contributed by atoms with Crippen LogP contribution in [0.15, 0.2) is 30.5 Å². The number of hydrogen-bond acceptors (Lipinski definition) is 7. The van der Waals surface area contributed by atoms with E-state index in [2.05, 4.69) is 0 Å². The average Bonchev–Trinajstić information content (AvgIpc) is 2.35. The van der Waals surface area contributed by atoms with Gasteiger partial charge in [0.05, 0.1) is 10.5 Å². The predicted octanol–water partition coefficient (Wildman–Crippen LogP) is -2.92. The van der Waals surface area contributed by atoms with Crippen LogP contribution in [0.3, 0.4) is 0 Å². The van der Waals surface area contributed by atoms with Crippen molar-refractivity contribution in [3.05, 3.63) is 46.1 Å². The molecule has 0 radical (unpaired) electrons. The molecule has 128 valence electrons. The van der Waals surface area contributed by atoms with Gasteiger partial charge < -0.3 is 4.90 Å². The molecule has 0 atom stereocenters. The Bertz CT molecular complexity index is 586. The first-order chi connectivity index (χ1) is 10.4.